The van der Waals surface area contributed by atoms with Crippen LogP contribution in [0.1, 0.15) is 71.4 Å². The summed E-state index contributed by atoms with van der Waals surface area (Å²) >= 11 is 0. The first-order chi connectivity index (χ1) is 9.81. The lowest BCUT2D eigenvalue weighted by molar-refractivity contribution is -0.152. The average Bonchev–Trinajstić information content (AvgIpc) is 2.82. The first-order valence-corrected chi connectivity index (χ1v) is 7.90. The normalized spacial score (nSPS) is 18.5. The van der Waals surface area contributed by atoms with E-state index in [0.717, 1.165) is 37.3 Å². The van der Waals surface area contributed by atoms with Crippen molar-refractivity contribution < 1.29 is 9.53 Å². The van der Waals surface area contributed by atoms with Crippen LogP contribution in [0.15, 0.2) is 0 Å². The van der Waals surface area contributed by atoms with Crippen molar-refractivity contribution in [1.29, 1.82) is 0 Å². The maximum atomic E-state index is 12.6. The minimum atomic E-state index is -0.612. The number of hydrogen-bond donors (Lipinski definition) is 0. The van der Waals surface area contributed by atoms with E-state index in [0.29, 0.717) is 6.61 Å². The number of nitrogens with zero attached hydrogens (tertiary/aromatic N) is 3. The molecule has 1 aliphatic carbocycles. The molecule has 1 aromatic heterocycles. The Morgan fingerprint density at radius 3 is 2.38 bits per heavy atom. The molecule has 0 atom stereocenters. The van der Waals surface area contributed by atoms with E-state index in [1.165, 1.54) is 6.42 Å². The number of aromatic nitrogens is 3. The molecule has 1 saturated carbocycles. The summed E-state index contributed by atoms with van der Waals surface area (Å²) in [4.78, 5) is 17.4. The standard InChI is InChI=1S/C16H27N3O2/c1-6-21-14(20)16(10-8-7-9-11-16)13-17-12(15(2,3)4)18-19(13)5/h6-11H2,1-5H3. The molecule has 0 radical (unpaired) electrons. The average molecular weight is 293 g/mol. The Hall–Kier alpha value is -1.39. The van der Waals surface area contributed by atoms with Gasteiger partial charge in [-0.25, -0.2) is 4.98 Å². The van der Waals surface area contributed by atoms with Gasteiger partial charge in [-0.3, -0.25) is 9.48 Å². The second-order valence-corrected chi connectivity index (χ2v) is 7.00. The Labute approximate surface area is 127 Å². The quantitative estimate of drug-likeness (QED) is 0.804. The Bertz CT molecular complexity index is 508. The molecule has 5 heteroatoms. The van der Waals surface area contributed by atoms with E-state index >= 15 is 0 Å². The Kier molecular flexibility index (Phi) is 4.40. The summed E-state index contributed by atoms with van der Waals surface area (Å²) in [5, 5.41) is 4.54. The molecule has 0 amide bonds. The highest BCUT2D eigenvalue weighted by atomic mass is 16.5. The van der Waals surface area contributed by atoms with Gasteiger partial charge in [0.15, 0.2) is 5.82 Å². The van der Waals surface area contributed by atoms with Gasteiger partial charge in [0.05, 0.1) is 6.61 Å². The molecule has 0 unspecified atom stereocenters. The van der Waals surface area contributed by atoms with E-state index in [4.69, 9.17) is 9.72 Å². The molecule has 0 N–H and O–H groups in total. The molecular formula is C16H27N3O2. The number of ether oxygens (including phenoxy) is 1. The topological polar surface area (TPSA) is 57.0 Å². The van der Waals surface area contributed by atoms with Crippen LogP contribution in [0.25, 0.3) is 0 Å². The Morgan fingerprint density at radius 2 is 1.90 bits per heavy atom. The van der Waals surface area contributed by atoms with Crippen molar-refractivity contribution in [3.63, 3.8) is 0 Å². The van der Waals surface area contributed by atoms with Crippen molar-refractivity contribution in [3.05, 3.63) is 11.6 Å². The molecule has 0 spiro atoms. The maximum Gasteiger partial charge on any atom is 0.319 e. The zero-order chi connectivity index (χ0) is 15.7. The van der Waals surface area contributed by atoms with Crippen LogP contribution in [0.2, 0.25) is 0 Å². The van der Waals surface area contributed by atoms with E-state index < -0.39 is 5.41 Å². The molecule has 0 aromatic carbocycles. The highest BCUT2D eigenvalue weighted by Gasteiger charge is 2.46. The summed E-state index contributed by atoms with van der Waals surface area (Å²) < 4.78 is 7.15. The Morgan fingerprint density at radius 1 is 1.29 bits per heavy atom. The summed E-state index contributed by atoms with van der Waals surface area (Å²) in [5.74, 6) is 1.42. The second-order valence-electron chi connectivity index (χ2n) is 7.00. The highest BCUT2D eigenvalue weighted by molar-refractivity contribution is 5.82. The number of aryl methyl sites for hydroxylation is 1. The molecule has 1 aromatic rings. The largest absolute Gasteiger partial charge is 0.465 e. The third-order valence-electron chi connectivity index (χ3n) is 4.24. The zero-order valence-corrected chi connectivity index (χ0v) is 13.9. The number of esters is 1. The van der Waals surface area contributed by atoms with Gasteiger partial charge in [-0.15, -0.1) is 0 Å². The van der Waals surface area contributed by atoms with Crippen molar-refractivity contribution in [2.24, 2.45) is 7.05 Å². The van der Waals surface area contributed by atoms with Gasteiger partial charge >= 0.3 is 5.97 Å². The first-order valence-electron chi connectivity index (χ1n) is 7.90. The summed E-state index contributed by atoms with van der Waals surface area (Å²) in [5.41, 5.74) is -0.736. The maximum absolute atomic E-state index is 12.6. The van der Waals surface area contributed by atoms with Gasteiger partial charge in [0.1, 0.15) is 11.2 Å². The fourth-order valence-electron chi connectivity index (χ4n) is 3.06. The van der Waals surface area contributed by atoms with Gasteiger partial charge in [-0.05, 0) is 19.8 Å². The highest BCUT2D eigenvalue weighted by Crippen LogP contribution is 2.40. The van der Waals surface area contributed by atoms with Crippen LogP contribution in [0.3, 0.4) is 0 Å². The summed E-state index contributed by atoms with van der Waals surface area (Å²) in [6.07, 6.45) is 4.86. The zero-order valence-electron chi connectivity index (χ0n) is 13.9. The summed E-state index contributed by atoms with van der Waals surface area (Å²) in [6, 6.07) is 0. The molecule has 21 heavy (non-hydrogen) atoms. The Balaban J connectivity index is 2.46. The first kappa shape index (κ1) is 16.0. The van der Waals surface area contributed by atoms with E-state index in [2.05, 4.69) is 25.9 Å². The lowest BCUT2D eigenvalue weighted by Gasteiger charge is -2.33. The van der Waals surface area contributed by atoms with Gasteiger partial charge < -0.3 is 4.74 Å². The van der Waals surface area contributed by atoms with Crippen LogP contribution in [0.5, 0.6) is 0 Å². The van der Waals surface area contributed by atoms with Gasteiger partial charge in [0, 0.05) is 12.5 Å². The number of rotatable bonds is 3. The second kappa shape index (κ2) is 5.78. The van der Waals surface area contributed by atoms with Gasteiger partial charge in [-0.2, -0.15) is 5.10 Å². The lowest BCUT2D eigenvalue weighted by atomic mass is 9.73. The SMILES string of the molecule is CCOC(=O)C1(c2nc(C(C)(C)C)nn2C)CCCCC1. The van der Waals surface area contributed by atoms with Crippen molar-refractivity contribution in [3.8, 4) is 0 Å². The van der Waals surface area contributed by atoms with Crippen LogP contribution in [-0.4, -0.2) is 27.3 Å². The van der Waals surface area contributed by atoms with E-state index in [-0.39, 0.29) is 11.4 Å². The van der Waals surface area contributed by atoms with Crippen LogP contribution in [0, 0.1) is 0 Å². The molecule has 118 valence electrons. The summed E-state index contributed by atoms with van der Waals surface area (Å²) in [6.45, 7) is 8.52. The lowest BCUT2D eigenvalue weighted by Crippen LogP contribution is -2.41. The summed E-state index contributed by atoms with van der Waals surface area (Å²) in [7, 11) is 1.88. The number of carbonyl (C=O) groups excluding carboxylic acids is 1. The van der Waals surface area contributed by atoms with E-state index in [1.807, 2.05) is 14.0 Å². The van der Waals surface area contributed by atoms with Gasteiger partial charge in [0.25, 0.3) is 0 Å². The van der Waals surface area contributed by atoms with Crippen LogP contribution in [0.4, 0.5) is 0 Å². The van der Waals surface area contributed by atoms with Crippen LogP contribution >= 0.6 is 0 Å². The van der Waals surface area contributed by atoms with Crippen LogP contribution < -0.4 is 0 Å². The predicted molar refractivity (Wildman–Crippen MR) is 81.1 cm³/mol. The van der Waals surface area contributed by atoms with E-state index in [9.17, 15) is 4.79 Å². The molecule has 0 saturated heterocycles. The van der Waals surface area contributed by atoms with E-state index in [1.54, 1.807) is 4.68 Å². The van der Waals surface area contributed by atoms with Crippen molar-refractivity contribution in [2.75, 3.05) is 6.61 Å². The molecule has 0 bridgehead atoms. The number of hydrogen-bond acceptors (Lipinski definition) is 4. The fourth-order valence-corrected chi connectivity index (χ4v) is 3.06. The van der Waals surface area contributed by atoms with Gasteiger partial charge in [0.2, 0.25) is 0 Å². The van der Waals surface area contributed by atoms with Crippen molar-refractivity contribution >= 4 is 5.97 Å². The third-order valence-corrected chi connectivity index (χ3v) is 4.24. The molecule has 0 aliphatic heterocycles. The molecular weight excluding hydrogens is 266 g/mol. The minimum Gasteiger partial charge on any atom is -0.465 e. The predicted octanol–water partition coefficient (Wildman–Crippen LogP) is 2.88. The minimum absolute atomic E-state index is 0.124. The smallest absolute Gasteiger partial charge is 0.319 e. The van der Waals surface area contributed by atoms with Gasteiger partial charge in [-0.1, -0.05) is 40.0 Å². The molecule has 2 rings (SSSR count). The molecule has 5 nitrogen and oxygen atoms in total. The number of carbonyl (C=O) groups is 1. The van der Waals surface area contributed by atoms with Crippen molar-refractivity contribution in [2.45, 2.75) is 70.6 Å². The molecule has 1 aliphatic rings. The van der Waals surface area contributed by atoms with Crippen molar-refractivity contribution in [1.82, 2.24) is 14.8 Å². The third kappa shape index (κ3) is 2.97. The molecule has 1 heterocycles. The molecule has 1 fully saturated rings. The van der Waals surface area contributed by atoms with Crippen LogP contribution in [-0.2, 0) is 27.4 Å². The monoisotopic (exact) mass is 293 g/mol. The fraction of sp³-hybridized carbons (Fsp3) is 0.812.